The van der Waals surface area contributed by atoms with Crippen molar-refractivity contribution in [1.82, 2.24) is 0 Å². The van der Waals surface area contributed by atoms with Gasteiger partial charge in [0.25, 0.3) is 0 Å². The van der Waals surface area contributed by atoms with E-state index in [1.165, 1.54) is 61.6 Å². The van der Waals surface area contributed by atoms with Crippen LogP contribution in [0.15, 0.2) is 127 Å². The van der Waals surface area contributed by atoms with E-state index in [-0.39, 0.29) is 0 Å². The minimum atomic E-state index is 0.375. The molecule has 1 heteroatoms. The Hall–Kier alpha value is -3.84. The third-order valence-corrected chi connectivity index (χ3v) is 7.47. The van der Waals surface area contributed by atoms with Crippen LogP contribution in [-0.4, -0.2) is 6.71 Å². The van der Waals surface area contributed by atoms with E-state index in [4.69, 9.17) is 0 Å². The Bertz CT molecular complexity index is 1520. The Kier molecular flexibility index (Phi) is 6.07. The Labute approximate surface area is 208 Å². The SMILES string of the molecule is c1ccc2c(CCCCB(c3cccc4ccccc34)c3cccc4ccccc34)cccc2c1. The molecule has 0 fully saturated rings. The maximum absolute atomic E-state index is 2.35. The van der Waals surface area contributed by atoms with E-state index in [0.29, 0.717) is 6.71 Å². The molecule has 0 N–H and O–H groups in total. The van der Waals surface area contributed by atoms with Crippen molar-refractivity contribution in [2.75, 3.05) is 0 Å². The number of rotatable bonds is 7. The molecule has 0 nitrogen and oxygen atoms in total. The van der Waals surface area contributed by atoms with Crippen LogP contribution in [0.4, 0.5) is 0 Å². The second kappa shape index (κ2) is 9.80. The zero-order valence-corrected chi connectivity index (χ0v) is 20.0. The van der Waals surface area contributed by atoms with Gasteiger partial charge < -0.3 is 0 Å². The van der Waals surface area contributed by atoms with Crippen molar-refractivity contribution >= 4 is 50.0 Å². The molecule has 0 aliphatic rings. The quantitative estimate of drug-likeness (QED) is 0.173. The summed E-state index contributed by atoms with van der Waals surface area (Å²) >= 11 is 0. The predicted molar refractivity (Wildman–Crippen MR) is 155 cm³/mol. The van der Waals surface area contributed by atoms with Crippen LogP contribution in [-0.2, 0) is 6.42 Å². The summed E-state index contributed by atoms with van der Waals surface area (Å²) in [5.74, 6) is 0. The van der Waals surface area contributed by atoms with Gasteiger partial charge in [0.1, 0.15) is 0 Å². The molecule has 0 aromatic heterocycles. The van der Waals surface area contributed by atoms with Crippen molar-refractivity contribution in [2.45, 2.75) is 25.6 Å². The molecule has 6 aromatic carbocycles. The van der Waals surface area contributed by atoms with Crippen LogP contribution in [0, 0.1) is 0 Å². The van der Waals surface area contributed by atoms with Gasteiger partial charge in [-0.05, 0) is 50.7 Å². The number of benzene rings is 6. The molecular formula is C34H29B. The van der Waals surface area contributed by atoms with Crippen molar-refractivity contribution in [3.05, 3.63) is 133 Å². The van der Waals surface area contributed by atoms with Crippen LogP contribution in [0.3, 0.4) is 0 Å². The summed E-state index contributed by atoms with van der Waals surface area (Å²) in [7, 11) is 0. The predicted octanol–water partition coefficient (Wildman–Crippen LogP) is 7.78. The summed E-state index contributed by atoms with van der Waals surface area (Å²) in [5.41, 5.74) is 4.36. The average Bonchev–Trinajstić information content (AvgIpc) is 2.93. The molecule has 0 bridgehead atoms. The van der Waals surface area contributed by atoms with E-state index in [9.17, 15) is 0 Å². The third kappa shape index (κ3) is 4.35. The first-order valence-corrected chi connectivity index (χ1v) is 12.8. The fourth-order valence-corrected chi connectivity index (χ4v) is 5.76. The van der Waals surface area contributed by atoms with Gasteiger partial charge in [-0.25, -0.2) is 0 Å². The molecule has 0 aliphatic carbocycles. The van der Waals surface area contributed by atoms with Crippen LogP contribution in [0.5, 0.6) is 0 Å². The standard InChI is InChI=1S/C34H29B/c1-4-20-30-26(12-1)16-9-17-27(30)15-7-8-25-35(33-23-10-18-28-13-2-5-21-31(28)33)34-24-11-19-29-14-3-6-22-32(29)34/h1-6,9-14,16-24H,7-8,15,25H2. The van der Waals surface area contributed by atoms with Crippen molar-refractivity contribution < 1.29 is 0 Å². The first-order valence-electron chi connectivity index (χ1n) is 12.8. The molecule has 0 atom stereocenters. The summed E-state index contributed by atoms with van der Waals surface area (Å²) in [6.07, 6.45) is 4.66. The van der Waals surface area contributed by atoms with Crippen molar-refractivity contribution in [2.24, 2.45) is 0 Å². The lowest BCUT2D eigenvalue weighted by Gasteiger charge is -2.19. The van der Waals surface area contributed by atoms with Crippen LogP contribution >= 0.6 is 0 Å². The van der Waals surface area contributed by atoms with E-state index in [0.717, 1.165) is 12.7 Å². The molecule has 0 saturated carbocycles. The molecule has 35 heavy (non-hydrogen) atoms. The largest absolute Gasteiger partial charge is 0.210 e. The molecule has 0 amide bonds. The highest BCUT2D eigenvalue weighted by Gasteiger charge is 2.22. The van der Waals surface area contributed by atoms with E-state index in [1.54, 1.807) is 0 Å². The third-order valence-electron chi connectivity index (χ3n) is 7.47. The van der Waals surface area contributed by atoms with Crippen molar-refractivity contribution in [1.29, 1.82) is 0 Å². The van der Waals surface area contributed by atoms with Gasteiger partial charge in [-0.3, -0.25) is 0 Å². The molecular weight excluding hydrogens is 419 g/mol. The van der Waals surface area contributed by atoms with Gasteiger partial charge >= 0.3 is 0 Å². The van der Waals surface area contributed by atoms with Gasteiger partial charge in [-0.2, -0.15) is 0 Å². The highest BCUT2D eigenvalue weighted by molar-refractivity contribution is 6.88. The summed E-state index contributed by atoms with van der Waals surface area (Å²) < 4.78 is 0. The fraction of sp³-hybridized carbons (Fsp3) is 0.118. The van der Waals surface area contributed by atoms with Crippen molar-refractivity contribution in [3.8, 4) is 0 Å². The second-order valence-electron chi connectivity index (χ2n) is 9.57. The lowest BCUT2D eigenvalue weighted by molar-refractivity contribution is 0.794. The maximum atomic E-state index is 2.35. The molecule has 0 spiro atoms. The van der Waals surface area contributed by atoms with E-state index >= 15 is 0 Å². The van der Waals surface area contributed by atoms with E-state index in [1.807, 2.05) is 0 Å². The van der Waals surface area contributed by atoms with Crippen molar-refractivity contribution in [3.63, 3.8) is 0 Å². The summed E-state index contributed by atoms with van der Waals surface area (Å²) in [6.45, 7) is 0.375. The molecule has 0 heterocycles. The molecule has 168 valence electrons. The molecule has 0 unspecified atom stereocenters. The molecule has 6 aromatic rings. The first kappa shape index (κ1) is 21.7. The van der Waals surface area contributed by atoms with Gasteiger partial charge in [0.2, 0.25) is 6.71 Å². The summed E-state index contributed by atoms with van der Waals surface area (Å²) in [4.78, 5) is 0. The summed E-state index contributed by atoms with van der Waals surface area (Å²) in [5, 5.41) is 8.14. The van der Waals surface area contributed by atoms with Gasteiger partial charge in [-0.15, -0.1) is 0 Å². The number of hydrogen-bond acceptors (Lipinski definition) is 0. The Morgan fingerprint density at radius 1 is 0.400 bits per heavy atom. The van der Waals surface area contributed by atoms with Crippen LogP contribution < -0.4 is 10.9 Å². The van der Waals surface area contributed by atoms with E-state index < -0.39 is 0 Å². The normalized spacial score (nSPS) is 11.3. The smallest absolute Gasteiger partial charge is 0.0667 e. The monoisotopic (exact) mass is 448 g/mol. The Morgan fingerprint density at radius 3 is 1.46 bits per heavy atom. The number of aryl methyl sites for hydroxylation is 1. The Morgan fingerprint density at radius 2 is 0.857 bits per heavy atom. The molecule has 0 radical (unpaired) electrons. The minimum Gasteiger partial charge on any atom is -0.0667 e. The number of unbranched alkanes of at least 4 members (excludes halogenated alkanes) is 1. The zero-order chi connectivity index (χ0) is 23.5. The zero-order valence-electron chi connectivity index (χ0n) is 20.0. The Balaban J connectivity index is 1.33. The molecule has 0 saturated heterocycles. The van der Waals surface area contributed by atoms with Gasteiger partial charge in [0, 0.05) is 0 Å². The average molecular weight is 448 g/mol. The topological polar surface area (TPSA) is 0 Å². The summed E-state index contributed by atoms with van der Waals surface area (Å²) in [6, 6.07) is 46.8. The highest BCUT2D eigenvalue weighted by Crippen LogP contribution is 2.22. The lowest BCUT2D eigenvalue weighted by atomic mass is 9.37. The van der Waals surface area contributed by atoms with Crippen LogP contribution in [0.2, 0.25) is 6.32 Å². The maximum Gasteiger partial charge on any atom is 0.210 e. The minimum absolute atomic E-state index is 0.375. The number of hydrogen-bond donors (Lipinski definition) is 0. The number of fused-ring (bicyclic) bond motifs is 3. The molecule has 0 aliphatic heterocycles. The first-order chi connectivity index (χ1) is 17.4. The van der Waals surface area contributed by atoms with Gasteiger partial charge in [0.05, 0.1) is 0 Å². The van der Waals surface area contributed by atoms with Crippen LogP contribution in [0.25, 0.3) is 32.3 Å². The molecule has 6 rings (SSSR count). The van der Waals surface area contributed by atoms with Gasteiger partial charge in [0.15, 0.2) is 0 Å². The van der Waals surface area contributed by atoms with Gasteiger partial charge in [-0.1, -0.05) is 151 Å². The fourth-order valence-electron chi connectivity index (χ4n) is 5.76. The second-order valence-corrected chi connectivity index (χ2v) is 9.57. The van der Waals surface area contributed by atoms with E-state index in [2.05, 4.69) is 127 Å². The highest BCUT2D eigenvalue weighted by atomic mass is 14.1. The van der Waals surface area contributed by atoms with Crippen LogP contribution in [0.1, 0.15) is 18.4 Å². The lowest BCUT2D eigenvalue weighted by Crippen LogP contribution is -2.42.